The summed E-state index contributed by atoms with van der Waals surface area (Å²) in [7, 11) is 0. The topological polar surface area (TPSA) is 38.8 Å². The average Bonchev–Trinajstić information content (AvgIpc) is 2.26. The fraction of sp³-hybridized carbons (Fsp3) is 0.545. The second-order valence-electron chi connectivity index (χ2n) is 3.49. The number of morpholine rings is 1. The largest absolute Gasteiger partial charge is 0.445 e. The maximum absolute atomic E-state index is 11.6. The minimum Gasteiger partial charge on any atom is -0.445 e. The second-order valence-corrected chi connectivity index (χ2v) is 3.49. The predicted octanol–water partition coefficient (Wildman–Crippen LogP) is 1.03. The molecule has 1 aliphatic rings. The number of amides is 1. The van der Waals surface area contributed by atoms with Crippen LogP contribution in [-0.4, -0.2) is 42.9 Å². The van der Waals surface area contributed by atoms with E-state index in [2.05, 4.69) is 12.5 Å². The number of carbonyl (C=O) groups excluding carboxylic acids is 1. The van der Waals surface area contributed by atoms with E-state index in [9.17, 15) is 4.79 Å². The smallest absolute Gasteiger partial charge is 0.411 e. The SMILES string of the molecule is C#CC1(C)COCCN1C(=O)OCC=C. The van der Waals surface area contributed by atoms with Crippen molar-refractivity contribution in [2.45, 2.75) is 12.5 Å². The van der Waals surface area contributed by atoms with Crippen molar-refractivity contribution in [3.8, 4) is 12.3 Å². The summed E-state index contributed by atoms with van der Waals surface area (Å²) in [6, 6.07) is 0. The molecule has 0 saturated carbocycles. The zero-order valence-electron chi connectivity index (χ0n) is 8.86. The van der Waals surface area contributed by atoms with Crippen molar-refractivity contribution < 1.29 is 14.3 Å². The first-order chi connectivity index (χ1) is 7.14. The molecular formula is C11H15NO3. The summed E-state index contributed by atoms with van der Waals surface area (Å²) in [6.45, 7) is 6.73. The van der Waals surface area contributed by atoms with Crippen LogP contribution in [0.3, 0.4) is 0 Å². The van der Waals surface area contributed by atoms with Gasteiger partial charge in [-0.2, -0.15) is 0 Å². The number of rotatable bonds is 2. The quantitative estimate of drug-likeness (QED) is 0.503. The monoisotopic (exact) mass is 209 g/mol. The van der Waals surface area contributed by atoms with Gasteiger partial charge in [0.2, 0.25) is 0 Å². The van der Waals surface area contributed by atoms with E-state index < -0.39 is 11.6 Å². The molecule has 4 heteroatoms. The highest BCUT2D eigenvalue weighted by Gasteiger charge is 2.37. The third-order valence-corrected chi connectivity index (χ3v) is 2.29. The molecule has 0 aromatic carbocycles. The lowest BCUT2D eigenvalue weighted by Crippen LogP contribution is -2.56. The Morgan fingerprint density at radius 2 is 2.60 bits per heavy atom. The van der Waals surface area contributed by atoms with Crippen LogP contribution >= 0.6 is 0 Å². The van der Waals surface area contributed by atoms with E-state index in [-0.39, 0.29) is 6.61 Å². The molecule has 0 bridgehead atoms. The molecule has 1 unspecified atom stereocenters. The van der Waals surface area contributed by atoms with Crippen LogP contribution in [0.15, 0.2) is 12.7 Å². The highest BCUT2D eigenvalue weighted by Crippen LogP contribution is 2.19. The van der Waals surface area contributed by atoms with Gasteiger partial charge >= 0.3 is 6.09 Å². The maximum atomic E-state index is 11.6. The first-order valence-electron chi connectivity index (χ1n) is 4.75. The molecule has 1 heterocycles. The van der Waals surface area contributed by atoms with Crippen molar-refractivity contribution in [2.75, 3.05) is 26.4 Å². The molecule has 0 radical (unpaired) electrons. The Morgan fingerprint density at radius 1 is 1.87 bits per heavy atom. The molecule has 1 amide bonds. The van der Waals surface area contributed by atoms with E-state index in [0.29, 0.717) is 19.8 Å². The number of ether oxygens (including phenoxy) is 2. The zero-order valence-corrected chi connectivity index (χ0v) is 8.86. The molecule has 1 atom stereocenters. The first-order valence-corrected chi connectivity index (χ1v) is 4.75. The van der Waals surface area contributed by atoms with Gasteiger partial charge in [-0.15, -0.1) is 6.42 Å². The van der Waals surface area contributed by atoms with E-state index in [0.717, 1.165) is 0 Å². The molecule has 0 spiro atoms. The van der Waals surface area contributed by atoms with Crippen LogP contribution in [0.4, 0.5) is 4.79 Å². The van der Waals surface area contributed by atoms with Gasteiger partial charge in [0, 0.05) is 6.54 Å². The molecule has 0 N–H and O–H groups in total. The lowest BCUT2D eigenvalue weighted by Gasteiger charge is -2.39. The van der Waals surface area contributed by atoms with Crippen molar-refractivity contribution in [3.63, 3.8) is 0 Å². The molecule has 4 nitrogen and oxygen atoms in total. The zero-order chi connectivity index (χ0) is 11.3. The van der Waals surface area contributed by atoms with Gasteiger partial charge in [0.15, 0.2) is 0 Å². The molecule has 0 aromatic rings. The summed E-state index contributed by atoms with van der Waals surface area (Å²) in [5.41, 5.74) is -0.712. The summed E-state index contributed by atoms with van der Waals surface area (Å²) >= 11 is 0. The summed E-state index contributed by atoms with van der Waals surface area (Å²) in [6.07, 6.45) is 6.50. The van der Waals surface area contributed by atoms with Crippen molar-refractivity contribution in [1.82, 2.24) is 4.90 Å². The molecule has 1 fully saturated rings. The van der Waals surface area contributed by atoms with Crippen LogP contribution in [-0.2, 0) is 9.47 Å². The minimum atomic E-state index is -0.712. The van der Waals surface area contributed by atoms with Gasteiger partial charge in [0.1, 0.15) is 12.1 Å². The number of terminal acetylenes is 1. The molecule has 1 rings (SSSR count). The predicted molar refractivity (Wildman–Crippen MR) is 56.3 cm³/mol. The van der Waals surface area contributed by atoms with Gasteiger partial charge < -0.3 is 9.47 Å². The third kappa shape index (κ3) is 2.51. The van der Waals surface area contributed by atoms with Crippen LogP contribution in [0, 0.1) is 12.3 Å². The van der Waals surface area contributed by atoms with Crippen molar-refractivity contribution >= 4 is 6.09 Å². The number of hydrogen-bond acceptors (Lipinski definition) is 3. The van der Waals surface area contributed by atoms with Gasteiger partial charge in [-0.3, -0.25) is 4.90 Å². The number of carbonyl (C=O) groups is 1. The average molecular weight is 209 g/mol. The maximum Gasteiger partial charge on any atom is 0.411 e. The molecular weight excluding hydrogens is 194 g/mol. The van der Waals surface area contributed by atoms with Crippen molar-refractivity contribution in [1.29, 1.82) is 0 Å². The van der Waals surface area contributed by atoms with Gasteiger partial charge in [-0.05, 0) is 6.92 Å². The summed E-state index contributed by atoms with van der Waals surface area (Å²) in [4.78, 5) is 13.2. The Hall–Kier alpha value is -1.47. The van der Waals surface area contributed by atoms with Gasteiger partial charge in [0.25, 0.3) is 0 Å². The second kappa shape index (κ2) is 4.85. The molecule has 1 saturated heterocycles. The van der Waals surface area contributed by atoms with Gasteiger partial charge in [0.05, 0.1) is 13.2 Å². The van der Waals surface area contributed by atoms with E-state index in [1.807, 2.05) is 0 Å². The third-order valence-electron chi connectivity index (χ3n) is 2.29. The molecule has 82 valence electrons. The first kappa shape index (κ1) is 11.6. The number of hydrogen-bond donors (Lipinski definition) is 0. The lowest BCUT2D eigenvalue weighted by molar-refractivity contribution is -0.0275. The van der Waals surface area contributed by atoms with Crippen molar-refractivity contribution in [2.24, 2.45) is 0 Å². The van der Waals surface area contributed by atoms with E-state index in [1.54, 1.807) is 6.92 Å². The van der Waals surface area contributed by atoms with Crippen LogP contribution in [0.2, 0.25) is 0 Å². The highest BCUT2D eigenvalue weighted by atomic mass is 16.6. The van der Waals surface area contributed by atoms with Crippen LogP contribution in [0.25, 0.3) is 0 Å². The minimum absolute atomic E-state index is 0.191. The van der Waals surface area contributed by atoms with E-state index in [4.69, 9.17) is 15.9 Å². The Morgan fingerprint density at radius 3 is 3.20 bits per heavy atom. The van der Waals surface area contributed by atoms with Crippen molar-refractivity contribution in [3.05, 3.63) is 12.7 Å². The van der Waals surface area contributed by atoms with Gasteiger partial charge in [-0.25, -0.2) is 4.79 Å². The lowest BCUT2D eigenvalue weighted by atomic mass is 10.0. The number of nitrogens with zero attached hydrogens (tertiary/aromatic N) is 1. The highest BCUT2D eigenvalue weighted by molar-refractivity contribution is 5.69. The molecule has 0 aromatic heterocycles. The fourth-order valence-electron chi connectivity index (χ4n) is 1.37. The van der Waals surface area contributed by atoms with Crippen LogP contribution < -0.4 is 0 Å². The Kier molecular flexibility index (Phi) is 3.75. The summed E-state index contributed by atoms with van der Waals surface area (Å²) < 4.78 is 10.2. The normalized spacial score (nSPS) is 25.5. The van der Waals surface area contributed by atoms with Gasteiger partial charge in [-0.1, -0.05) is 18.6 Å². The van der Waals surface area contributed by atoms with E-state index >= 15 is 0 Å². The Balaban J connectivity index is 2.69. The summed E-state index contributed by atoms with van der Waals surface area (Å²) in [5.74, 6) is 2.56. The fourth-order valence-corrected chi connectivity index (χ4v) is 1.37. The van der Waals surface area contributed by atoms with Crippen LogP contribution in [0.1, 0.15) is 6.92 Å². The van der Waals surface area contributed by atoms with Crippen LogP contribution in [0.5, 0.6) is 0 Å². The Labute approximate surface area is 89.8 Å². The summed E-state index contributed by atoms with van der Waals surface area (Å²) in [5, 5.41) is 0. The Bertz CT molecular complexity index is 295. The standard InChI is InChI=1S/C11H15NO3/c1-4-7-15-10(13)12-6-8-14-9-11(12,3)5-2/h2,4H,1,6-9H2,3H3. The van der Waals surface area contributed by atoms with E-state index in [1.165, 1.54) is 11.0 Å². The molecule has 15 heavy (non-hydrogen) atoms. The molecule has 0 aliphatic carbocycles. The molecule has 1 aliphatic heterocycles.